The van der Waals surface area contributed by atoms with E-state index in [0.29, 0.717) is 4.90 Å². The number of anilines is 2. The van der Waals surface area contributed by atoms with Crippen molar-refractivity contribution in [2.24, 2.45) is 0 Å². The number of carbonyl (C=O) groups is 2. The molecule has 1 N–H and O–H groups in total. The number of ether oxygens (including phenoxy) is 3. The monoisotopic (exact) mass is 414 g/mol. The summed E-state index contributed by atoms with van der Waals surface area (Å²) in [7, 11) is 2.23. The van der Waals surface area contributed by atoms with Gasteiger partial charge in [0.1, 0.15) is 17.1 Å². The van der Waals surface area contributed by atoms with Crippen LogP contribution in [0, 0.1) is 5.82 Å². The number of fused-ring (bicyclic) bond motifs is 1. The fraction of sp³-hybridized carbons (Fsp3) is 0.222. The minimum absolute atomic E-state index is 0.0502. The summed E-state index contributed by atoms with van der Waals surface area (Å²) in [6.45, 7) is 0. The molecule has 1 unspecified atom stereocenters. The van der Waals surface area contributed by atoms with E-state index < -0.39 is 35.5 Å². The highest BCUT2D eigenvalue weighted by Gasteiger charge is 2.68. The van der Waals surface area contributed by atoms with Gasteiger partial charge in [0.25, 0.3) is 0 Å². The van der Waals surface area contributed by atoms with E-state index in [1.807, 2.05) is 0 Å². The third-order valence-electron chi connectivity index (χ3n) is 4.14. The van der Waals surface area contributed by atoms with Crippen LogP contribution in [-0.2, 0) is 15.3 Å². The predicted molar refractivity (Wildman–Crippen MR) is 92.1 cm³/mol. The van der Waals surface area contributed by atoms with Crippen molar-refractivity contribution in [3.8, 4) is 5.75 Å². The Labute approximate surface area is 161 Å². The molecule has 154 valence electrons. The van der Waals surface area contributed by atoms with Crippen LogP contribution in [0.25, 0.3) is 0 Å². The number of rotatable bonds is 3. The maximum absolute atomic E-state index is 14.1. The van der Waals surface area contributed by atoms with Crippen molar-refractivity contribution < 1.29 is 41.4 Å². The molecule has 29 heavy (non-hydrogen) atoms. The Morgan fingerprint density at radius 2 is 1.83 bits per heavy atom. The molecule has 2 aromatic carbocycles. The van der Waals surface area contributed by atoms with E-state index in [9.17, 15) is 27.2 Å². The number of cyclic esters (lactones) is 1. The minimum Gasteiger partial charge on any atom is -0.496 e. The van der Waals surface area contributed by atoms with E-state index in [2.05, 4.69) is 10.1 Å². The van der Waals surface area contributed by atoms with Crippen LogP contribution < -0.4 is 15.0 Å². The molecule has 0 aromatic heterocycles. The molecule has 2 aromatic rings. The van der Waals surface area contributed by atoms with E-state index in [4.69, 9.17) is 9.47 Å². The van der Waals surface area contributed by atoms with Crippen molar-refractivity contribution in [1.82, 2.24) is 0 Å². The highest BCUT2D eigenvalue weighted by atomic mass is 19.4. The van der Waals surface area contributed by atoms with E-state index >= 15 is 0 Å². The van der Waals surface area contributed by atoms with Crippen LogP contribution in [0.15, 0.2) is 42.5 Å². The molecule has 11 heteroatoms. The molecule has 2 amide bonds. The van der Waals surface area contributed by atoms with E-state index in [0.717, 1.165) is 26.3 Å². The highest BCUT2D eigenvalue weighted by molar-refractivity contribution is 5.91. The van der Waals surface area contributed by atoms with Gasteiger partial charge in [-0.15, -0.1) is 0 Å². The molecule has 7 nitrogen and oxygen atoms in total. The summed E-state index contributed by atoms with van der Waals surface area (Å²) < 4.78 is 69.7. The van der Waals surface area contributed by atoms with E-state index in [-0.39, 0.29) is 17.1 Å². The second-order valence-electron chi connectivity index (χ2n) is 5.92. The minimum atomic E-state index is -5.35. The molecular formula is C18H14F4N2O5. The molecule has 0 spiro atoms. The van der Waals surface area contributed by atoms with Crippen molar-refractivity contribution in [3.63, 3.8) is 0 Å². The molecule has 0 bridgehead atoms. The smallest absolute Gasteiger partial charge is 0.473 e. The van der Waals surface area contributed by atoms with Crippen LogP contribution in [0.2, 0.25) is 0 Å². The first-order valence-electron chi connectivity index (χ1n) is 8.05. The molecule has 0 saturated carbocycles. The van der Waals surface area contributed by atoms with Crippen LogP contribution in [0.5, 0.6) is 5.75 Å². The van der Waals surface area contributed by atoms with Gasteiger partial charge < -0.3 is 14.2 Å². The molecule has 1 aliphatic heterocycles. The number of benzene rings is 2. The van der Waals surface area contributed by atoms with Crippen LogP contribution >= 0.6 is 0 Å². The Balaban J connectivity index is 2.09. The zero-order valence-corrected chi connectivity index (χ0v) is 15.0. The zero-order valence-electron chi connectivity index (χ0n) is 15.0. The van der Waals surface area contributed by atoms with Gasteiger partial charge in [0.15, 0.2) is 0 Å². The average molecular weight is 414 g/mol. The summed E-state index contributed by atoms with van der Waals surface area (Å²) in [6, 6.07) is 8.08. The number of nitrogens with one attached hydrogen (secondary N) is 1. The van der Waals surface area contributed by atoms with Gasteiger partial charge in [0.05, 0.1) is 12.8 Å². The standard InChI is InChI=1S/C18H14F4N2O5/c1-24(11-8-6-10(19)7-9-11)16(26)29-17(18(20,21)22)14-12(23-15(25)28-17)4-3-5-13(14)27-2/h3-9H,1-2H3,(H,23,25). The SMILES string of the molecule is COc1cccc2c1C(OC(=O)N(C)c1ccc(F)cc1)(C(F)(F)F)OC(=O)N2. The van der Waals surface area contributed by atoms with Crippen LogP contribution in [0.4, 0.5) is 38.5 Å². The Bertz CT molecular complexity index is 948. The second-order valence-corrected chi connectivity index (χ2v) is 5.92. The normalized spacial score (nSPS) is 18.2. The van der Waals surface area contributed by atoms with Gasteiger partial charge in [-0.25, -0.2) is 14.0 Å². The lowest BCUT2D eigenvalue weighted by atomic mass is 9.99. The summed E-state index contributed by atoms with van der Waals surface area (Å²) in [5, 5.41) is 2.11. The summed E-state index contributed by atoms with van der Waals surface area (Å²) in [6.07, 6.45) is -8.33. The molecular weight excluding hydrogens is 400 g/mol. The molecule has 0 radical (unpaired) electrons. The number of amides is 2. The number of halogens is 4. The molecule has 1 heterocycles. The van der Waals surface area contributed by atoms with Crippen LogP contribution in [0.1, 0.15) is 5.56 Å². The maximum atomic E-state index is 14.1. The number of methoxy groups -OCH3 is 1. The topological polar surface area (TPSA) is 77.1 Å². The maximum Gasteiger partial charge on any atom is 0.473 e. The van der Waals surface area contributed by atoms with Gasteiger partial charge in [0, 0.05) is 12.7 Å². The fourth-order valence-corrected chi connectivity index (χ4v) is 2.75. The van der Waals surface area contributed by atoms with Crippen molar-refractivity contribution in [3.05, 3.63) is 53.8 Å². The van der Waals surface area contributed by atoms with E-state index in [1.54, 1.807) is 0 Å². The summed E-state index contributed by atoms with van der Waals surface area (Å²) in [5.74, 6) is -4.69. The van der Waals surface area contributed by atoms with Gasteiger partial charge in [0.2, 0.25) is 0 Å². The summed E-state index contributed by atoms with van der Waals surface area (Å²) in [4.78, 5) is 25.1. The number of hydrogen-bond acceptors (Lipinski definition) is 5. The Morgan fingerprint density at radius 1 is 1.17 bits per heavy atom. The first-order valence-corrected chi connectivity index (χ1v) is 8.05. The first kappa shape index (κ1) is 20.2. The lowest BCUT2D eigenvalue weighted by molar-refractivity contribution is -0.350. The Morgan fingerprint density at radius 3 is 2.41 bits per heavy atom. The fourth-order valence-electron chi connectivity index (χ4n) is 2.75. The van der Waals surface area contributed by atoms with Gasteiger partial charge in [-0.1, -0.05) is 6.07 Å². The van der Waals surface area contributed by atoms with Gasteiger partial charge >= 0.3 is 24.1 Å². The second kappa shape index (κ2) is 7.15. The molecule has 1 atom stereocenters. The molecule has 1 aliphatic rings. The number of hydrogen-bond donors (Lipinski definition) is 1. The van der Waals surface area contributed by atoms with E-state index in [1.165, 1.54) is 30.3 Å². The molecule has 0 saturated heterocycles. The summed E-state index contributed by atoms with van der Waals surface area (Å²) in [5.41, 5.74) is -0.972. The zero-order chi connectivity index (χ0) is 21.4. The summed E-state index contributed by atoms with van der Waals surface area (Å²) >= 11 is 0. The van der Waals surface area contributed by atoms with Crippen molar-refractivity contribution >= 4 is 23.6 Å². The quantitative estimate of drug-likeness (QED) is 0.755. The third kappa shape index (κ3) is 3.50. The Kier molecular flexibility index (Phi) is 4.99. The Hall–Kier alpha value is -3.50. The lowest BCUT2D eigenvalue weighted by Crippen LogP contribution is -2.54. The van der Waals surface area contributed by atoms with Crippen molar-refractivity contribution in [1.29, 1.82) is 0 Å². The molecule has 3 rings (SSSR count). The van der Waals surface area contributed by atoms with Crippen LogP contribution in [0.3, 0.4) is 0 Å². The van der Waals surface area contributed by atoms with Crippen molar-refractivity contribution in [2.45, 2.75) is 12.0 Å². The van der Waals surface area contributed by atoms with Crippen LogP contribution in [-0.4, -0.2) is 32.5 Å². The molecule has 0 fully saturated rings. The first-order chi connectivity index (χ1) is 13.6. The highest BCUT2D eigenvalue weighted by Crippen LogP contribution is 2.52. The molecule has 0 aliphatic carbocycles. The number of alkyl halides is 3. The predicted octanol–water partition coefficient (Wildman–Crippen LogP) is 4.38. The largest absolute Gasteiger partial charge is 0.496 e. The third-order valence-corrected chi connectivity index (χ3v) is 4.14. The van der Waals surface area contributed by atoms with Gasteiger partial charge in [-0.3, -0.25) is 10.2 Å². The van der Waals surface area contributed by atoms with Gasteiger partial charge in [-0.05, 0) is 36.4 Å². The lowest BCUT2D eigenvalue weighted by Gasteiger charge is -2.39. The van der Waals surface area contributed by atoms with Crippen molar-refractivity contribution in [2.75, 3.05) is 24.4 Å². The van der Waals surface area contributed by atoms with Gasteiger partial charge in [-0.2, -0.15) is 13.2 Å². The average Bonchev–Trinajstić information content (AvgIpc) is 2.66. The number of nitrogens with zero attached hydrogens (tertiary/aromatic N) is 1. The number of carbonyl (C=O) groups excluding carboxylic acids is 2.